The zero-order valence-electron chi connectivity index (χ0n) is 16.8. The van der Waals surface area contributed by atoms with Crippen LogP contribution in [0.1, 0.15) is 41.0 Å². The molecule has 0 radical (unpaired) electrons. The average Bonchev–Trinajstić information content (AvgIpc) is 3.20. The lowest BCUT2D eigenvalue weighted by molar-refractivity contribution is -0.183. The molecule has 0 spiro atoms. The highest BCUT2D eigenvalue weighted by molar-refractivity contribution is 5.87. The van der Waals surface area contributed by atoms with Crippen LogP contribution in [0.3, 0.4) is 0 Å². The van der Waals surface area contributed by atoms with Crippen LogP contribution in [-0.4, -0.2) is 70.6 Å². The summed E-state index contributed by atoms with van der Waals surface area (Å²) in [7, 11) is 0. The first-order chi connectivity index (χ1) is 12.6. The number of hydrogen-bond acceptors (Lipinski definition) is 7. The van der Waals surface area contributed by atoms with Gasteiger partial charge in [-0.1, -0.05) is 26.0 Å². The first kappa shape index (κ1) is 21.6. The second-order valence-electron chi connectivity index (χ2n) is 7.66. The summed E-state index contributed by atoms with van der Waals surface area (Å²) in [5.41, 5.74) is -0.542. The van der Waals surface area contributed by atoms with Crippen LogP contribution in [0.15, 0.2) is 23.3 Å². The summed E-state index contributed by atoms with van der Waals surface area (Å²) >= 11 is 0. The number of ether oxygens (including phenoxy) is 2. The minimum absolute atomic E-state index is 0.00159. The Morgan fingerprint density at radius 2 is 2.07 bits per heavy atom. The Labute approximate surface area is 160 Å². The predicted octanol–water partition coefficient (Wildman–Crippen LogP) is 1.19. The van der Waals surface area contributed by atoms with Gasteiger partial charge in [0.15, 0.2) is 5.60 Å². The summed E-state index contributed by atoms with van der Waals surface area (Å²) in [6.45, 7) is 9.68. The summed E-state index contributed by atoms with van der Waals surface area (Å²) in [6.07, 6.45) is 2.87. The Kier molecular flexibility index (Phi) is 6.83. The van der Waals surface area contributed by atoms with E-state index in [9.17, 15) is 19.8 Å². The van der Waals surface area contributed by atoms with E-state index in [1.165, 1.54) is 6.92 Å². The standard InChI is InChI=1S/C20H31NO6/c1-6-13(4)18(23)27-16-8-10-21-9-7-15(17(16)21)11-26-19(24)20(25,12(2)3)14(5)22/h6-7,12,14,16-17,22,25H,8-11H2,1-5H3/b13-6+/t14-,16-,17-,20-/m1/s1. The van der Waals surface area contributed by atoms with Crippen LogP contribution in [0.4, 0.5) is 0 Å². The van der Waals surface area contributed by atoms with Gasteiger partial charge in [0.05, 0.1) is 12.1 Å². The first-order valence-electron chi connectivity index (χ1n) is 9.47. The Bertz CT molecular complexity index is 628. The number of fused-ring (bicyclic) bond motifs is 1. The topological polar surface area (TPSA) is 96.3 Å². The number of aliphatic hydroxyl groups excluding tert-OH is 1. The van der Waals surface area contributed by atoms with E-state index in [0.717, 1.165) is 18.5 Å². The van der Waals surface area contributed by atoms with E-state index < -0.39 is 23.6 Å². The van der Waals surface area contributed by atoms with Crippen LogP contribution in [0.25, 0.3) is 0 Å². The molecular formula is C20H31NO6. The molecule has 1 saturated heterocycles. The maximum Gasteiger partial charge on any atom is 0.341 e. The summed E-state index contributed by atoms with van der Waals surface area (Å²) in [5.74, 6) is -1.68. The van der Waals surface area contributed by atoms with Crippen molar-refractivity contribution in [3.63, 3.8) is 0 Å². The number of hydrogen-bond donors (Lipinski definition) is 2. The second-order valence-corrected chi connectivity index (χ2v) is 7.66. The van der Waals surface area contributed by atoms with Crippen molar-refractivity contribution in [2.75, 3.05) is 19.7 Å². The molecule has 27 heavy (non-hydrogen) atoms. The number of carbonyl (C=O) groups is 2. The lowest BCUT2D eigenvalue weighted by atomic mass is 9.85. The lowest BCUT2D eigenvalue weighted by Crippen LogP contribution is -2.53. The average molecular weight is 381 g/mol. The minimum Gasteiger partial charge on any atom is -0.459 e. The number of nitrogens with zero attached hydrogens (tertiary/aromatic N) is 1. The monoisotopic (exact) mass is 381 g/mol. The highest BCUT2D eigenvalue weighted by Gasteiger charge is 2.47. The van der Waals surface area contributed by atoms with Gasteiger partial charge < -0.3 is 19.7 Å². The van der Waals surface area contributed by atoms with Crippen molar-refractivity contribution in [1.29, 1.82) is 0 Å². The van der Waals surface area contributed by atoms with E-state index in [-0.39, 0.29) is 24.7 Å². The van der Waals surface area contributed by atoms with Crippen LogP contribution >= 0.6 is 0 Å². The van der Waals surface area contributed by atoms with Crippen molar-refractivity contribution in [3.8, 4) is 0 Å². The number of esters is 2. The van der Waals surface area contributed by atoms with Crippen LogP contribution in [0.2, 0.25) is 0 Å². The third-order valence-electron chi connectivity index (χ3n) is 5.64. The van der Waals surface area contributed by atoms with E-state index in [1.54, 1.807) is 33.8 Å². The highest BCUT2D eigenvalue weighted by atomic mass is 16.6. The number of rotatable bonds is 7. The van der Waals surface area contributed by atoms with Gasteiger partial charge >= 0.3 is 11.9 Å². The molecule has 0 bridgehead atoms. The quantitative estimate of drug-likeness (QED) is 0.388. The zero-order chi connectivity index (χ0) is 20.4. The van der Waals surface area contributed by atoms with Crippen LogP contribution in [0.5, 0.6) is 0 Å². The molecule has 7 heteroatoms. The normalized spacial score (nSPS) is 26.4. The summed E-state index contributed by atoms with van der Waals surface area (Å²) in [5, 5.41) is 20.4. The van der Waals surface area contributed by atoms with Crippen molar-refractivity contribution in [3.05, 3.63) is 23.3 Å². The fraction of sp³-hybridized carbons (Fsp3) is 0.700. The molecule has 0 saturated carbocycles. The predicted molar refractivity (Wildman–Crippen MR) is 99.8 cm³/mol. The minimum atomic E-state index is -1.95. The van der Waals surface area contributed by atoms with E-state index in [4.69, 9.17) is 9.47 Å². The number of aliphatic hydroxyl groups is 2. The fourth-order valence-electron chi connectivity index (χ4n) is 3.63. The van der Waals surface area contributed by atoms with Crippen LogP contribution < -0.4 is 0 Å². The second kappa shape index (κ2) is 8.54. The summed E-state index contributed by atoms with van der Waals surface area (Å²) in [4.78, 5) is 26.7. The molecule has 2 rings (SSSR count). The van der Waals surface area contributed by atoms with E-state index in [2.05, 4.69) is 4.90 Å². The van der Waals surface area contributed by atoms with E-state index >= 15 is 0 Å². The Hall–Kier alpha value is -1.70. The highest BCUT2D eigenvalue weighted by Crippen LogP contribution is 2.32. The molecular weight excluding hydrogens is 350 g/mol. The Balaban J connectivity index is 2.03. The van der Waals surface area contributed by atoms with Gasteiger partial charge in [0.25, 0.3) is 0 Å². The molecule has 2 aliphatic rings. The van der Waals surface area contributed by atoms with Crippen molar-refractivity contribution < 1.29 is 29.3 Å². The van der Waals surface area contributed by atoms with Crippen molar-refractivity contribution >= 4 is 11.9 Å². The molecule has 7 nitrogen and oxygen atoms in total. The molecule has 0 aromatic rings. The molecule has 0 aromatic heterocycles. The maximum atomic E-state index is 12.4. The molecule has 2 aliphatic heterocycles. The lowest BCUT2D eigenvalue weighted by Gasteiger charge is -2.32. The molecule has 1 fully saturated rings. The van der Waals surface area contributed by atoms with Crippen LogP contribution in [0, 0.1) is 5.92 Å². The fourth-order valence-corrected chi connectivity index (χ4v) is 3.63. The molecule has 2 N–H and O–H groups in total. The molecule has 0 aliphatic carbocycles. The van der Waals surface area contributed by atoms with E-state index in [0.29, 0.717) is 12.1 Å². The third kappa shape index (κ3) is 4.25. The molecule has 0 amide bonds. The number of allylic oxidation sites excluding steroid dienone is 1. The molecule has 152 valence electrons. The maximum absolute atomic E-state index is 12.4. The van der Waals surface area contributed by atoms with Gasteiger partial charge in [0, 0.05) is 18.7 Å². The molecule has 4 atom stereocenters. The first-order valence-corrected chi connectivity index (χ1v) is 9.47. The van der Waals surface area contributed by atoms with E-state index in [1.807, 2.05) is 6.08 Å². The molecule has 0 unspecified atom stereocenters. The van der Waals surface area contributed by atoms with Crippen molar-refractivity contribution in [1.82, 2.24) is 4.90 Å². The summed E-state index contributed by atoms with van der Waals surface area (Å²) in [6, 6.07) is -0.120. The van der Waals surface area contributed by atoms with Gasteiger partial charge in [-0.25, -0.2) is 9.59 Å². The van der Waals surface area contributed by atoms with Gasteiger partial charge in [0.2, 0.25) is 0 Å². The Morgan fingerprint density at radius 3 is 2.63 bits per heavy atom. The van der Waals surface area contributed by atoms with Gasteiger partial charge in [-0.15, -0.1) is 0 Å². The number of carbonyl (C=O) groups excluding carboxylic acids is 2. The van der Waals surface area contributed by atoms with Gasteiger partial charge in [-0.05, 0) is 38.7 Å². The SMILES string of the molecule is C/C=C(\C)C(=O)O[C@@H]1CCN2CC=C(COC(=O)[C@@](O)(C(C)C)[C@@H](C)O)[C@H]12. The largest absolute Gasteiger partial charge is 0.459 e. The molecule has 2 heterocycles. The Morgan fingerprint density at radius 1 is 1.41 bits per heavy atom. The van der Waals surface area contributed by atoms with Gasteiger partial charge in [0.1, 0.15) is 12.7 Å². The van der Waals surface area contributed by atoms with Crippen molar-refractivity contribution in [2.45, 2.75) is 64.9 Å². The van der Waals surface area contributed by atoms with Crippen LogP contribution in [-0.2, 0) is 19.1 Å². The van der Waals surface area contributed by atoms with Gasteiger partial charge in [-0.2, -0.15) is 0 Å². The zero-order valence-corrected chi connectivity index (χ0v) is 16.8. The van der Waals surface area contributed by atoms with Crippen molar-refractivity contribution in [2.24, 2.45) is 5.92 Å². The smallest absolute Gasteiger partial charge is 0.341 e. The third-order valence-corrected chi connectivity index (χ3v) is 5.64. The van der Waals surface area contributed by atoms with Gasteiger partial charge in [-0.3, -0.25) is 4.90 Å². The summed E-state index contributed by atoms with van der Waals surface area (Å²) < 4.78 is 11.0. The molecule has 0 aromatic carbocycles.